The van der Waals surface area contributed by atoms with Crippen molar-refractivity contribution in [1.29, 1.82) is 5.26 Å². The maximum Gasteiger partial charge on any atom is 0.433 e. The molecule has 10 heteroatoms. The highest BCUT2D eigenvalue weighted by molar-refractivity contribution is 5.76. The van der Waals surface area contributed by atoms with E-state index >= 15 is 0 Å². The molecule has 3 rings (SSSR count). The number of hydrogen-bond donors (Lipinski definition) is 1. The largest absolute Gasteiger partial charge is 0.433 e. The first kappa shape index (κ1) is 27.2. The van der Waals surface area contributed by atoms with Gasteiger partial charge in [-0.25, -0.2) is 9.97 Å². The molecule has 1 amide bonds. The molecular weight excluding hydrogens is 457 g/mol. The number of alkyl halides is 3. The SMILES string of the molecule is CC(C)(C)c1nc(N2CCN(CCC3CCC(NC(=O)CCC#N)CC3)CC2)cc(C(F)(F)F)n1. The van der Waals surface area contributed by atoms with Crippen molar-refractivity contribution in [2.75, 3.05) is 37.6 Å². The fourth-order valence-electron chi connectivity index (χ4n) is 4.71. The summed E-state index contributed by atoms with van der Waals surface area (Å²) >= 11 is 0. The Balaban J connectivity index is 1.46. The molecule has 0 aromatic carbocycles. The van der Waals surface area contributed by atoms with Gasteiger partial charge in [0.15, 0.2) is 0 Å². The van der Waals surface area contributed by atoms with E-state index in [0.29, 0.717) is 24.8 Å². The summed E-state index contributed by atoms with van der Waals surface area (Å²) in [7, 11) is 0. The van der Waals surface area contributed by atoms with Crippen LogP contribution in [0.15, 0.2) is 6.07 Å². The van der Waals surface area contributed by atoms with Crippen molar-refractivity contribution in [2.45, 2.75) is 83.4 Å². The molecule has 1 saturated carbocycles. The zero-order chi connectivity index (χ0) is 25.6. The van der Waals surface area contributed by atoms with E-state index in [2.05, 4.69) is 20.2 Å². The molecule has 7 nitrogen and oxygen atoms in total. The highest BCUT2D eigenvalue weighted by atomic mass is 19.4. The van der Waals surface area contributed by atoms with Gasteiger partial charge in [-0.2, -0.15) is 18.4 Å². The minimum atomic E-state index is -4.50. The summed E-state index contributed by atoms with van der Waals surface area (Å²) in [5.41, 5.74) is -1.46. The van der Waals surface area contributed by atoms with Gasteiger partial charge in [0.05, 0.1) is 6.07 Å². The number of carbonyl (C=O) groups is 1. The molecule has 1 saturated heterocycles. The minimum Gasteiger partial charge on any atom is -0.354 e. The molecule has 2 fully saturated rings. The Hall–Kier alpha value is -2.41. The van der Waals surface area contributed by atoms with Gasteiger partial charge >= 0.3 is 6.18 Å². The van der Waals surface area contributed by atoms with Crippen LogP contribution in [0.3, 0.4) is 0 Å². The van der Waals surface area contributed by atoms with Crippen LogP contribution in [-0.2, 0) is 16.4 Å². The molecule has 1 N–H and O–H groups in total. The van der Waals surface area contributed by atoms with Crippen LogP contribution in [0.25, 0.3) is 0 Å². The van der Waals surface area contributed by atoms with Gasteiger partial charge < -0.3 is 10.2 Å². The van der Waals surface area contributed by atoms with E-state index in [1.165, 1.54) is 0 Å². The van der Waals surface area contributed by atoms with E-state index in [9.17, 15) is 18.0 Å². The Morgan fingerprint density at radius 3 is 2.34 bits per heavy atom. The number of aromatic nitrogens is 2. The fraction of sp³-hybridized carbons (Fsp3) is 0.760. The van der Waals surface area contributed by atoms with Gasteiger partial charge in [-0.1, -0.05) is 20.8 Å². The zero-order valence-corrected chi connectivity index (χ0v) is 21.0. The number of rotatable bonds is 7. The molecule has 0 spiro atoms. The maximum absolute atomic E-state index is 13.4. The Morgan fingerprint density at radius 2 is 1.77 bits per heavy atom. The molecule has 0 atom stereocenters. The lowest BCUT2D eigenvalue weighted by Crippen LogP contribution is -2.47. The lowest BCUT2D eigenvalue weighted by molar-refractivity contribution is -0.141. The summed E-state index contributed by atoms with van der Waals surface area (Å²) in [5, 5.41) is 11.6. The first-order valence-corrected chi connectivity index (χ1v) is 12.6. The number of anilines is 1. The first-order chi connectivity index (χ1) is 16.5. The van der Waals surface area contributed by atoms with E-state index < -0.39 is 17.3 Å². The summed E-state index contributed by atoms with van der Waals surface area (Å²) in [5.74, 6) is 1.16. The maximum atomic E-state index is 13.4. The minimum absolute atomic E-state index is 0.0338. The Bertz CT molecular complexity index is 860. The van der Waals surface area contributed by atoms with Crippen LogP contribution in [-0.4, -0.2) is 59.5 Å². The van der Waals surface area contributed by atoms with Gasteiger partial charge in [0.1, 0.15) is 17.3 Å². The van der Waals surface area contributed by atoms with Crippen LogP contribution in [0.1, 0.15) is 77.2 Å². The topological polar surface area (TPSA) is 85.2 Å². The first-order valence-electron chi connectivity index (χ1n) is 12.6. The van der Waals surface area contributed by atoms with Crippen LogP contribution in [0.4, 0.5) is 19.0 Å². The van der Waals surface area contributed by atoms with Gasteiger partial charge in [-0.05, 0) is 44.6 Å². The lowest BCUT2D eigenvalue weighted by atomic mass is 9.84. The Morgan fingerprint density at radius 1 is 1.11 bits per heavy atom. The van der Waals surface area contributed by atoms with Crippen LogP contribution >= 0.6 is 0 Å². The van der Waals surface area contributed by atoms with Gasteiger partial charge in [-0.15, -0.1) is 0 Å². The number of carbonyl (C=O) groups excluding carboxylic acids is 1. The van der Waals surface area contributed by atoms with E-state index in [1.807, 2.05) is 31.7 Å². The van der Waals surface area contributed by atoms with Crippen molar-refractivity contribution in [3.8, 4) is 6.07 Å². The highest BCUT2D eigenvalue weighted by Gasteiger charge is 2.36. The van der Waals surface area contributed by atoms with Crippen molar-refractivity contribution in [3.63, 3.8) is 0 Å². The van der Waals surface area contributed by atoms with Crippen molar-refractivity contribution in [3.05, 3.63) is 17.6 Å². The number of amides is 1. The Labute approximate surface area is 206 Å². The van der Waals surface area contributed by atoms with E-state index in [4.69, 9.17) is 5.26 Å². The molecule has 0 unspecified atom stereocenters. The molecule has 1 aromatic heterocycles. The highest BCUT2D eigenvalue weighted by Crippen LogP contribution is 2.32. The van der Waals surface area contributed by atoms with Crippen LogP contribution in [0, 0.1) is 17.2 Å². The number of nitrogens with zero attached hydrogens (tertiary/aromatic N) is 5. The van der Waals surface area contributed by atoms with Crippen molar-refractivity contribution < 1.29 is 18.0 Å². The lowest BCUT2D eigenvalue weighted by Gasteiger charge is -2.37. The monoisotopic (exact) mass is 494 g/mol. The third-order valence-corrected chi connectivity index (χ3v) is 6.90. The van der Waals surface area contributed by atoms with Crippen molar-refractivity contribution in [2.24, 2.45) is 5.92 Å². The Kier molecular flexibility index (Phi) is 8.97. The molecule has 0 radical (unpaired) electrons. The second-order valence-electron chi connectivity index (χ2n) is 10.7. The van der Waals surface area contributed by atoms with Crippen molar-refractivity contribution >= 4 is 11.7 Å². The number of hydrogen-bond acceptors (Lipinski definition) is 6. The van der Waals surface area contributed by atoms with E-state index in [0.717, 1.165) is 57.8 Å². The number of halogens is 3. The summed E-state index contributed by atoms with van der Waals surface area (Å²) in [6, 6.07) is 3.29. The predicted octanol–water partition coefficient (Wildman–Crippen LogP) is 4.28. The number of nitrogens with one attached hydrogen (secondary N) is 1. The van der Waals surface area contributed by atoms with Gasteiger partial charge in [0.25, 0.3) is 0 Å². The predicted molar refractivity (Wildman–Crippen MR) is 128 cm³/mol. The molecule has 1 aromatic rings. The van der Waals surface area contributed by atoms with Gasteiger partial charge in [0.2, 0.25) is 5.91 Å². The average molecular weight is 495 g/mol. The van der Waals surface area contributed by atoms with Crippen LogP contribution < -0.4 is 10.2 Å². The summed E-state index contributed by atoms with van der Waals surface area (Å²) in [6.45, 7) is 9.30. The summed E-state index contributed by atoms with van der Waals surface area (Å²) < 4.78 is 40.3. The molecule has 35 heavy (non-hydrogen) atoms. The summed E-state index contributed by atoms with van der Waals surface area (Å²) in [4.78, 5) is 24.4. The van der Waals surface area contributed by atoms with Gasteiger partial charge in [-0.3, -0.25) is 9.69 Å². The van der Waals surface area contributed by atoms with Gasteiger partial charge in [0, 0.05) is 56.5 Å². The molecule has 2 heterocycles. The molecule has 194 valence electrons. The molecular formula is C25H37F3N6O. The summed E-state index contributed by atoms with van der Waals surface area (Å²) in [6.07, 6.45) is 1.23. The van der Waals surface area contributed by atoms with Crippen molar-refractivity contribution in [1.82, 2.24) is 20.2 Å². The smallest absolute Gasteiger partial charge is 0.354 e. The third kappa shape index (κ3) is 8.06. The third-order valence-electron chi connectivity index (χ3n) is 6.90. The van der Waals surface area contributed by atoms with Crippen LogP contribution in [0.2, 0.25) is 0 Å². The van der Waals surface area contributed by atoms with E-state index in [1.54, 1.807) is 0 Å². The second-order valence-corrected chi connectivity index (χ2v) is 10.7. The van der Waals surface area contributed by atoms with E-state index in [-0.39, 0.29) is 30.6 Å². The second kappa shape index (κ2) is 11.5. The number of piperazine rings is 1. The standard InChI is InChI=1S/C25H37F3N6O/c1-24(2,3)23-31-20(25(26,27)28)17-21(32-23)34-15-13-33(14-16-34)12-10-18-6-8-19(9-7-18)30-22(35)5-4-11-29/h17-19H,4-10,12-16H2,1-3H3,(H,30,35). The zero-order valence-electron chi connectivity index (χ0n) is 21.0. The molecule has 0 bridgehead atoms. The van der Waals surface area contributed by atoms with Crippen LogP contribution in [0.5, 0.6) is 0 Å². The average Bonchev–Trinajstić information content (AvgIpc) is 2.81. The molecule has 2 aliphatic rings. The quantitative estimate of drug-likeness (QED) is 0.609. The normalized spacial score (nSPS) is 22.0. The number of nitriles is 1. The molecule has 1 aliphatic carbocycles. The fourth-order valence-corrected chi connectivity index (χ4v) is 4.71. The molecule has 1 aliphatic heterocycles.